The molecule has 0 aliphatic carbocycles. The van der Waals surface area contributed by atoms with Crippen LogP contribution in [0.1, 0.15) is 37.9 Å². The first-order chi connectivity index (χ1) is 16.1. The van der Waals surface area contributed by atoms with Crippen LogP contribution in [0.3, 0.4) is 0 Å². The van der Waals surface area contributed by atoms with Crippen LogP contribution in [0.4, 0.5) is 16.2 Å². The molecule has 13 heteroatoms. The van der Waals surface area contributed by atoms with E-state index < -0.39 is 33.8 Å². The molecule has 2 aromatic rings. The van der Waals surface area contributed by atoms with Gasteiger partial charge in [-0.15, -0.1) is 0 Å². The van der Waals surface area contributed by atoms with Gasteiger partial charge in [0.15, 0.2) is 11.5 Å². The van der Waals surface area contributed by atoms with Gasteiger partial charge in [-0.3, -0.25) is 25.0 Å². The first-order valence-corrected chi connectivity index (χ1v) is 9.96. The van der Waals surface area contributed by atoms with Crippen molar-refractivity contribution in [2.24, 2.45) is 0 Å². The molecule has 182 valence electrons. The van der Waals surface area contributed by atoms with E-state index in [0.29, 0.717) is 12.8 Å². The molecule has 0 fully saturated rings. The number of ether oxygens (including phenoxy) is 4. The molecule has 0 saturated carbocycles. The maximum atomic E-state index is 12.1. The normalized spacial score (nSPS) is 11.2. The molecule has 0 amide bonds. The molecule has 0 radical (unpaired) electrons. The second-order valence-electron chi connectivity index (χ2n) is 6.88. The third-order valence-corrected chi connectivity index (χ3v) is 4.51. The zero-order chi connectivity index (χ0) is 25.3. The Kier molecular flexibility index (Phi) is 9.11. The average molecular weight is 478 g/mol. The standard InChI is InChI=1S/C21H22N2O11/c1-13(33-21(26)34-15-8-6-14(7-9-15)22(27)28)16-11-18(31-2)19(12-17(16)23(29)30)32-10-4-3-5-20(24)25/h6-9,11-13H,3-5,10H2,1-2H3,(H,24,25). The lowest BCUT2D eigenvalue weighted by molar-refractivity contribution is -0.386. The summed E-state index contributed by atoms with van der Waals surface area (Å²) in [5, 5.41) is 31.0. The largest absolute Gasteiger partial charge is 0.514 e. The van der Waals surface area contributed by atoms with Crippen LogP contribution >= 0.6 is 0 Å². The maximum Gasteiger partial charge on any atom is 0.514 e. The van der Waals surface area contributed by atoms with Crippen LogP contribution in [0, 0.1) is 20.2 Å². The van der Waals surface area contributed by atoms with Gasteiger partial charge in [-0.25, -0.2) is 4.79 Å². The number of nitro groups is 2. The van der Waals surface area contributed by atoms with Gasteiger partial charge in [-0.05, 0) is 38.0 Å². The predicted molar refractivity (Wildman–Crippen MR) is 115 cm³/mol. The number of carboxylic acids is 1. The lowest BCUT2D eigenvalue weighted by Crippen LogP contribution is -2.15. The van der Waals surface area contributed by atoms with Gasteiger partial charge in [0, 0.05) is 18.6 Å². The topological polar surface area (TPSA) is 178 Å². The van der Waals surface area contributed by atoms with Gasteiger partial charge in [0.1, 0.15) is 11.9 Å². The number of nitro benzene ring substituents is 2. The summed E-state index contributed by atoms with van der Waals surface area (Å²) in [5.41, 5.74) is -0.571. The minimum atomic E-state index is -1.17. The van der Waals surface area contributed by atoms with Gasteiger partial charge < -0.3 is 24.1 Å². The first-order valence-electron chi connectivity index (χ1n) is 9.96. The average Bonchev–Trinajstić information content (AvgIpc) is 2.78. The summed E-state index contributed by atoms with van der Waals surface area (Å²) in [4.78, 5) is 43.7. The van der Waals surface area contributed by atoms with Crippen molar-refractivity contribution in [2.45, 2.75) is 32.3 Å². The van der Waals surface area contributed by atoms with Crippen LogP contribution in [-0.2, 0) is 9.53 Å². The number of carbonyl (C=O) groups excluding carboxylic acids is 1. The molecule has 2 rings (SSSR count). The number of rotatable bonds is 12. The highest BCUT2D eigenvalue weighted by molar-refractivity contribution is 5.66. The Morgan fingerprint density at radius 2 is 1.71 bits per heavy atom. The summed E-state index contributed by atoms with van der Waals surface area (Å²) in [5.74, 6) is -0.716. The maximum absolute atomic E-state index is 12.1. The molecule has 0 spiro atoms. The highest BCUT2D eigenvalue weighted by Crippen LogP contribution is 2.38. The van der Waals surface area contributed by atoms with E-state index in [1.165, 1.54) is 32.2 Å². The van der Waals surface area contributed by atoms with E-state index in [0.717, 1.165) is 18.2 Å². The Balaban J connectivity index is 2.12. The Morgan fingerprint density at radius 1 is 1.03 bits per heavy atom. The van der Waals surface area contributed by atoms with Gasteiger partial charge in [0.25, 0.3) is 11.4 Å². The highest BCUT2D eigenvalue weighted by Gasteiger charge is 2.26. The number of unbranched alkanes of at least 4 members (excludes halogenated alkanes) is 1. The zero-order valence-electron chi connectivity index (χ0n) is 18.3. The monoisotopic (exact) mass is 478 g/mol. The molecule has 1 unspecified atom stereocenters. The van der Waals surface area contributed by atoms with Gasteiger partial charge in [0.2, 0.25) is 0 Å². The van der Waals surface area contributed by atoms with E-state index in [2.05, 4.69) is 0 Å². The van der Waals surface area contributed by atoms with E-state index in [1.54, 1.807) is 0 Å². The second-order valence-corrected chi connectivity index (χ2v) is 6.88. The summed E-state index contributed by atoms with van der Waals surface area (Å²) in [6.07, 6.45) is -1.53. The Hall–Kier alpha value is -4.42. The smallest absolute Gasteiger partial charge is 0.493 e. The lowest BCUT2D eigenvalue weighted by Gasteiger charge is -2.17. The summed E-state index contributed by atoms with van der Waals surface area (Å²) >= 11 is 0. The summed E-state index contributed by atoms with van der Waals surface area (Å²) < 4.78 is 20.8. The Morgan fingerprint density at radius 3 is 2.26 bits per heavy atom. The van der Waals surface area contributed by atoms with E-state index in [4.69, 9.17) is 24.1 Å². The molecule has 2 aromatic carbocycles. The molecule has 1 N–H and O–H groups in total. The molecule has 0 aliphatic rings. The number of benzene rings is 2. The molecule has 0 heterocycles. The fraction of sp³-hybridized carbons (Fsp3) is 0.333. The quantitative estimate of drug-likeness (QED) is 0.150. The highest BCUT2D eigenvalue weighted by atomic mass is 16.7. The second kappa shape index (κ2) is 12.0. The van der Waals surface area contributed by atoms with E-state index in [-0.39, 0.29) is 41.5 Å². The van der Waals surface area contributed by atoms with Crippen LogP contribution in [0.25, 0.3) is 0 Å². The molecule has 0 bridgehead atoms. The third kappa shape index (κ3) is 7.32. The van der Waals surface area contributed by atoms with Crippen LogP contribution < -0.4 is 14.2 Å². The minimum Gasteiger partial charge on any atom is -0.493 e. The van der Waals surface area contributed by atoms with E-state index in [1.807, 2.05) is 0 Å². The number of nitrogens with zero attached hydrogens (tertiary/aromatic N) is 2. The summed E-state index contributed by atoms with van der Waals surface area (Å²) in [7, 11) is 1.33. The van der Waals surface area contributed by atoms with Crippen LogP contribution in [0.2, 0.25) is 0 Å². The first kappa shape index (κ1) is 25.8. The molecule has 34 heavy (non-hydrogen) atoms. The number of methoxy groups -OCH3 is 1. The number of carbonyl (C=O) groups is 2. The zero-order valence-corrected chi connectivity index (χ0v) is 18.3. The molecule has 0 aromatic heterocycles. The molecule has 1 atom stereocenters. The van der Waals surface area contributed by atoms with Crippen molar-refractivity contribution in [3.8, 4) is 17.2 Å². The number of hydrogen-bond acceptors (Lipinski definition) is 10. The molecular weight excluding hydrogens is 456 g/mol. The summed E-state index contributed by atoms with van der Waals surface area (Å²) in [6.45, 7) is 1.51. The SMILES string of the molecule is COc1cc(C(C)OC(=O)Oc2ccc([N+](=O)[O-])cc2)c([N+](=O)[O-])cc1OCCCCC(=O)O. The molecule has 0 saturated heterocycles. The van der Waals surface area contributed by atoms with Crippen LogP contribution in [0.5, 0.6) is 17.2 Å². The summed E-state index contributed by atoms with van der Waals surface area (Å²) in [6, 6.07) is 7.13. The molecule has 0 aliphatic heterocycles. The molecule has 13 nitrogen and oxygen atoms in total. The number of non-ortho nitro benzene ring substituents is 1. The van der Waals surface area contributed by atoms with Crippen molar-refractivity contribution in [1.29, 1.82) is 0 Å². The van der Waals surface area contributed by atoms with Crippen molar-refractivity contribution >= 4 is 23.5 Å². The Bertz CT molecular complexity index is 1050. The third-order valence-electron chi connectivity index (χ3n) is 4.51. The van der Waals surface area contributed by atoms with Crippen molar-refractivity contribution in [2.75, 3.05) is 13.7 Å². The van der Waals surface area contributed by atoms with Gasteiger partial charge in [0.05, 0.1) is 35.2 Å². The number of aliphatic carboxylic acids is 1. The molecular formula is C21H22N2O11. The van der Waals surface area contributed by atoms with Crippen LogP contribution in [0.15, 0.2) is 36.4 Å². The minimum absolute atomic E-state index is 0.0125. The fourth-order valence-electron chi connectivity index (χ4n) is 2.85. The van der Waals surface area contributed by atoms with E-state index in [9.17, 15) is 29.8 Å². The van der Waals surface area contributed by atoms with Crippen LogP contribution in [-0.4, -0.2) is 40.8 Å². The number of hydrogen-bond donors (Lipinski definition) is 1. The number of carboxylic acid groups (broad SMARTS) is 1. The van der Waals surface area contributed by atoms with Gasteiger partial charge in [-0.1, -0.05) is 0 Å². The lowest BCUT2D eigenvalue weighted by atomic mass is 10.1. The van der Waals surface area contributed by atoms with Crippen molar-refractivity contribution in [1.82, 2.24) is 0 Å². The van der Waals surface area contributed by atoms with Gasteiger partial charge >= 0.3 is 12.1 Å². The van der Waals surface area contributed by atoms with Gasteiger partial charge in [-0.2, -0.15) is 0 Å². The van der Waals surface area contributed by atoms with Crippen molar-refractivity contribution in [3.05, 3.63) is 62.2 Å². The van der Waals surface area contributed by atoms with Crippen molar-refractivity contribution in [3.63, 3.8) is 0 Å². The van der Waals surface area contributed by atoms with Crippen molar-refractivity contribution < 1.29 is 43.5 Å². The Labute approximate surface area is 193 Å². The van der Waals surface area contributed by atoms with E-state index >= 15 is 0 Å². The fourth-order valence-corrected chi connectivity index (χ4v) is 2.85. The predicted octanol–water partition coefficient (Wildman–Crippen LogP) is 4.42.